The number of para-hydroxylation sites is 4. The molecule has 66 heavy (non-hydrogen) atoms. The predicted octanol–water partition coefficient (Wildman–Crippen LogP) is 16.0. The number of nitrogens with zero attached hydrogens (tertiary/aromatic N) is 4. The second kappa shape index (κ2) is 15.3. The Balaban J connectivity index is 0.00000456. The number of pyridine rings is 1. The van der Waals surface area contributed by atoms with Crippen LogP contribution in [0, 0.1) is 18.8 Å². The first-order valence-electron chi connectivity index (χ1n) is 22.2. The summed E-state index contributed by atoms with van der Waals surface area (Å²) in [6, 6.07) is 74.1. The summed E-state index contributed by atoms with van der Waals surface area (Å²) in [7, 11) is 0. The fraction of sp³-hybridized carbons (Fsp3) is 0.0667. The van der Waals surface area contributed by atoms with E-state index in [4.69, 9.17) is 9.72 Å². The fourth-order valence-corrected chi connectivity index (χ4v) is 10.2. The molecule has 5 nitrogen and oxygen atoms in total. The summed E-state index contributed by atoms with van der Waals surface area (Å²) >= 11 is 0. The summed E-state index contributed by atoms with van der Waals surface area (Å²) in [5.41, 5.74) is 8.35. The van der Waals surface area contributed by atoms with Crippen LogP contribution >= 0.6 is 0 Å². The Bertz CT molecular complexity index is 3920. The molecule has 0 atom stereocenters. The van der Waals surface area contributed by atoms with Crippen LogP contribution in [0.25, 0.3) is 81.6 Å². The van der Waals surface area contributed by atoms with E-state index in [-0.39, 0.29) is 26.5 Å². The van der Waals surface area contributed by atoms with Crippen molar-refractivity contribution in [2.45, 2.75) is 26.2 Å². The van der Waals surface area contributed by atoms with Crippen molar-refractivity contribution in [3.63, 3.8) is 0 Å². The standard InChI is InChI=1S/C60H41N4O.Pt/c1-60(2,3)49-22-9-11-24-52(49)63-37-62(53-25-12-13-26-54(53)63)41-17-14-18-42(35-41)65-43-31-33-47-46-21-8-10-23-51(46)64(55(47)36-43)59-48-32-29-39-16-5-7-20-45(39)57(48)58-50(61-59)34-30-40-28-27-38-15-4-6-19-44(38)56(40)58;/h4-34,37H,1-3H3;/q-3;. The second-order valence-electron chi connectivity index (χ2n) is 18.0. The molecule has 6 heteroatoms. The van der Waals surface area contributed by atoms with Crippen molar-refractivity contribution < 1.29 is 25.8 Å². The summed E-state index contributed by atoms with van der Waals surface area (Å²) < 4.78 is 9.02. The van der Waals surface area contributed by atoms with Crippen molar-refractivity contribution in [2.75, 3.05) is 9.80 Å². The summed E-state index contributed by atoms with van der Waals surface area (Å²) in [5, 5.41) is 12.9. The van der Waals surface area contributed by atoms with Crippen LogP contribution in [-0.2, 0) is 26.5 Å². The van der Waals surface area contributed by atoms with Crippen LogP contribution in [0.2, 0.25) is 0 Å². The van der Waals surface area contributed by atoms with Crippen molar-refractivity contribution in [2.24, 2.45) is 0 Å². The number of benzene rings is 10. The maximum atomic E-state index is 6.74. The van der Waals surface area contributed by atoms with E-state index >= 15 is 0 Å². The smallest absolute Gasteiger partial charge is 0.144 e. The molecule has 10 aromatic carbocycles. The van der Waals surface area contributed by atoms with Gasteiger partial charge >= 0.3 is 0 Å². The minimum absolute atomic E-state index is 0. The van der Waals surface area contributed by atoms with E-state index in [1.54, 1.807) is 0 Å². The third-order valence-corrected chi connectivity index (χ3v) is 13.1. The zero-order chi connectivity index (χ0) is 43.4. The molecule has 0 spiro atoms. The molecule has 1 aliphatic rings. The third kappa shape index (κ3) is 6.21. The van der Waals surface area contributed by atoms with Gasteiger partial charge in [-0.2, -0.15) is 12.1 Å². The normalized spacial score (nSPS) is 12.8. The van der Waals surface area contributed by atoms with E-state index < -0.39 is 0 Å². The van der Waals surface area contributed by atoms with Gasteiger partial charge in [0.15, 0.2) is 0 Å². The molecule has 3 heterocycles. The second-order valence-corrected chi connectivity index (χ2v) is 18.0. The van der Waals surface area contributed by atoms with E-state index in [1.165, 1.54) is 48.7 Å². The van der Waals surface area contributed by atoms with Gasteiger partial charge in [-0.1, -0.05) is 148 Å². The predicted molar refractivity (Wildman–Crippen MR) is 270 cm³/mol. The molecule has 1 aliphatic heterocycles. The number of aromatic nitrogens is 2. The van der Waals surface area contributed by atoms with Crippen LogP contribution in [0.4, 0.5) is 22.7 Å². The SMILES string of the molecule is CC(C)(C)c1ccccc1N1[CH-]N(c2[c-]c(Oc3[c-]c4c(cc3)c3ccccc3n4-c3nc4ccc5ccc6ccccc6c5c4c4c3ccc3ccccc34)ccc2)c2ccccc21.[Pt]. The summed E-state index contributed by atoms with van der Waals surface area (Å²) in [6.07, 6.45) is 0. The van der Waals surface area contributed by atoms with Crippen molar-refractivity contribution >= 4 is 98.5 Å². The quantitative estimate of drug-likeness (QED) is 0.127. The first-order chi connectivity index (χ1) is 31.9. The number of ether oxygens (including phenoxy) is 1. The first-order valence-corrected chi connectivity index (χ1v) is 22.2. The minimum Gasteiger partial charge on any atom is -0.509 e. The molecule has 0 radical (unpaired) electrons. The zero-order valence-corrected chi connectivity index (χ0v) is 38.8. The minimum atomic E-state index is -0.0357. The Morgan fingerprint density at radius 1 is 0.470 bits per heavy atom. The Morgan fingerprint density at radius 2 is 1.08 bits per heavy atom. The van der Waals surface area contributed by atoms with Crippen LogP contribution in [0.3, 0.4) is 0 Å². The zero-order valence-electron chi connectivity index (χ0n) is 36.5. The summed E-state index contributed by atoms with van der Waals surface area (Å²) in [6.45, 7) is 8.95. The maximum absolute atomic E-state index is 6.74. The molecule has 0 aliphatic carbocycles. The van der Waals surface area contributed by atoms with Gasteiger partial charge in [-0.25, -0.2) is 4.98 Å². The topological polar surface area (TPSA) is 33.5 Å². The molecule has 320 valence electrons. The van der Waals surface area contributed by atoms with Gasteiger partial charge < -0.3 is 19.1 Å². The molecule has 2 aromatic heterocycles. The van der Waals surface area contributed by atoms with Crippen molar-refractivity contribution in [3.05, 3.63) is 212 Å². The van der Waals surface area contributed by atoms with Gasteiger partial charge in [0.25, 0.3) is 0 Å². The van der Waals surface area contributed by atoms with E-state index in [9.17, 15) is 0 Å². The van der Waals surface area contributed by atoms with Gasteiger partial charge in [0.05, 0.1) is 5.52 Å². The molecule has 0 saturated carbocycles. The molecule has 13 rings (SSSR count). The van der Waals surface area contributed by atoms with Gasteiger partial charge in [-0.15, -0.1) is 48.1 Å². The third-order valence-electron chi connectivity index (χ3n) is 13.1. The average Bonchev–Trinajstić information content (AvgIpc) is 3.89. The van der Waals surface area contributed by atoms with Crippen LogP contribution in [0.1, 0.15) is 26.3 Å². The van der Waals surface area contributed by atoms with Gasteiger partial charge in [0.2, 0.25) is 0 Å². The molecule has 0 bridgehead atoms. The van der Waals surface area contributed by atoms with Gasteiger partial charge in [0, 0.05) is 71.3 Å². The van der Waals surface area contributed by atoms with Gasteiger partial charge in [0.1, 0.15) is 5.82 Å². The summed E-state index contributed by atoms with van der Waals surface area (Å²) in [4.78, 5) is 10.1. The summed E-state index contributed by atoms with van der Waals surface area (Å²) in [5.74, 6) is 2.04. The molecule has 0 saturated heterocycles. The van der Waals surface area contributed by atoms with Crippen LogP contribution < -0.4 is 14.5 Å². The van der Waals surface area contributed by atoms with E-state index in [2.05, 4.69) is 224 Å². The van der Waals surface area contributed by atoms with Gasteiger partial charge in [-0.05, 0) is 85.1 Å². The van der Waals surface area contributed by atoms with Crippen molar-refractivity contribution in [1.29, 1.82) is 0 Å². The van der Waals surface area contributed by atoms with E-state index in [1.807, 2.05) is 18.2 Å². The molecule has 0 unspecified atom stereocenters. The Morgan fingerprint density at radius 3 is 1.86 bits per heavy atom. The fourth-order valence-electron chi connectivity index (χ4n) is 10.2. The molecule has 12 aromatic rings. The Labute approximate surface area is 397 Å². The Hall–Kier alpha value is -7.46. The Kier molecular flexibility index (Phi) is 9.31. The molecule has 0 fully saturated rings. The number of hydrogen-bond acceptors (Lipinski definition) is 4. The molecule has 0 N–H and O–H groups in total. The van der Waals surface area contributed by atoms with Crippen LogP contribution in [0.5, 0.6) is 11.5 Å². The monoisotopic (exact) mass is 1030 g/mol. The number of fused-ring (bicyclic) bond motifs is 13. The molecular weight excluding hydrogens is 988 g/mol. The number of hydrogen-bond donors (Lipinski definition) is 0. The number of anilines is 4. The van der Waals surface area contributed by atoms with E-state index in [0.717, 1.165) is 61.3 Å². The molecular formula is C60H41N4OPt-3. The first kappa shape index (κ1) is 40.1. The number of rotatable bonds is 5. The van der Waals surface area contributed by atoms with Crippen LogP contribution in [-0.4, -0.2) is 9.55 Å². The van der Waals surface area contributed by atoms with Crippen molar-refractivity contribution in [1.82, 2.24) is 9.55 Å². The average molecular weight is 1030 g/mol. The molecule has 0 amide bonds. The van der Waals surface area contributed by atoms with Crippen molar-refractivity contribution in [3.8, 4) is 17.3 Å². The largest absolute Gasteiger partial charge is 0.509 e. The van der Waals surface area contributed by atoms with Gasteiger partial charge in [-0.3, -0.25) is 0 Å². The maximum Gasteiger partial charge on any atom is 0.144 e. The van der Waals surface area contributed by atoms with E-state index in [0.29, 0.717) is 11.5 Å². The van der Waals surface area contributed by atoms with Crippen LogP contribution in [0.15, 0.2) is 188 Å².